The number of carbonyl (C=O) groups excluding carboxylic acids is 5. The number of carbonyl (C=O) groups is 5. The molecule has 6 bridgehead atoms. The van der Waals surface area contributed by atoms with Crippen LogP contribution in [-0.4, -0.2) is 138 Å². The molecular weight excluding hydrogens is 913 g/mol. The summed E-state index contributed by atoms with van der Waals surface area (Å²) in [5.41, 5.74) is 1.26. The Bertz CT molecular complexity index is 2160. The van der Waals surface area contributed by atoms with Gasteiger partial charge in [-0.25, -0.2) is 19.7 Å². The Balaban J connectivity index is 1.59. The minimum absolute atomic E-state index is 0.0333. The zero-order valence-electron chi connectivity index (χ0n) is 42.0. The summed E-state index contributed by atoms with van der Waals surface area (Å²) in [6.07, 6.45) is 7.82. The van der Waals surface area contributed by atoms with Crippen molar-refractivity contribution in [2.45, 2.75) is 148 Å². The highest BCUT2D eigenvalue weighted by molar-refractivity contribution is 5.79. The lowest BCUT2D eigenvalue weighted by molar-refractivity contribution is -0.172. The van der Waals surface area contributed by atoms with Gasteiger partial charge >= 0.3 is 17.9 Å². The number of methoxy groups -OCH3 is 3. The molecule has 70 heavy (non-hydrogen) atoms. The molecule has 0 radical (unpaired) electrons. The van der Waals surface area contributed by atoms with Gasteiger partial charge in [0.15, 0.2) is 17.5 Å². The van der Waals surface area contributed by atoms with E-state index in [0.29, 0.717) is 42.8 Å². The van der Waals surface area contributed by atoms with E-state index < -0.39 is 85.0 Å². The maximum Gasteiger partial charge on any atom is 0.337 e. The number of aliphatic hydroxyl groups is 2. The zero-order chi connectivity index (χ0) is 51.5. The third-order valence-electron chi connectivity index (χ3n) is 12.8. The van der Waals surface area contributed by atoms with Crippen LogP contribution in [0.15, 0.2) is 50.4 Å². The third kappa shape index (κ3) is 17.1. The molecule has 0 aromatic carbocycles. The Hall–Kier alpha value is -5.54. The largest absolute Gasteiger partial charge is 0.462 e. The van der Waals surface area contributed by atoms with Crippen LogP contribution in [0.2, 0.25) is 0 Å². The lowest BCUT2D eigenvalue weighted by Gasteiger charge is -2.35. The van der Waals surface area contributed by atoms with Crippen LogP contribution in [0, 0.1) is 23.7 Å². The Morgan fingerprint density at radius 3 is 2.30 bits per heavy atom. The topological polar surface area (TPSA) is 263 Å². The van der Waals surface area contributed by atoms with Gasteiger partial charge in [-0.3, -0.25) is 19.2 Å². The molecule has 0 aliphatic carbocycles. The van der Waals surface area contributed by atoms with E-state index in [1.807, 2.05) is 33.8 Å². The van der Waals surface area contributed by atoms with Crippen LogP contribution >= 0.6 is 0 Å². The molecule has 3 aromatic heterocycles. The number of fused-ring (bicyclic) bond motifs is 8. The summed E-state index contributed by atoms with van der Waals surface area (Å²) in [6.45, 7) is 9.99. The lowest BCUT2D eigenvalue weighted by Crippen LogP contribution is -2.42. The first kappa shape index (κ1) is 57.0. The molecule has 4 heterocycles. The highest BCUT2D eigenvalue weighted by Gasteiger charge is 2.37. The second kappa shape index (κ2) is 28.3. The summed E-state index contributed by atoms with van der Waals surface area (Å²) in [5, 5.41) is 20.8. The summed E-state index contributed by atoms with van der Waals surface area (Å²) in [4.78, 5) is 78.4. The van der Waals surface area contributed by atoms with E-state index >= 15 is 0 Å². The van der Waals surface area contributed by atoms with Crippen LogP contribution in [0.25, 0.3) is 29.2 Å². The van der Waals surface area contributed by atoms with Crippen molar-refractivity contribution in [1.82, 2.24) is 19.9 Å². The van der Waals surface area contributed by atoms with Gasteiger partial charge in [-0.1, -0.05) is 46.8 Å². The Morgan fingerprint density at radius 2 is 1.63 bits per heavy atom. The molecule has 0 fully saturated rings. The monoisotopic (exact) mass is 984 g/mol. The van der Waals surface area contributed by atoms with E-state index in [1.54, 1.807) is 46.5 Å². The van der Waals surface area contributed by atoms with Crippen LogP contribution in [-0.2, 0) is 52.4 Å². The minimum Gasteiger partial charge on any atom is -0.462 e. The highest BCUT2D eigenvalue weighted by atomic mass is 16.6. The standard InChI is InChI=1S/C50H72N4O16/c1-29(17-18-41(70-50(61)44(24-55)64-10)33(5)47(68-34(6)57)30(2)19-20-54(7)28-56)42(63-9)23-43-32(4)40(62-8)15-12-16-45-51-38(26-65-45)48-53-39(27-67-48)49-52-37(25-66-49)31(3)21-35(58)13-11-14-36(59)22-46(60)69-43/h12,16,19-20,25-33,36,40-44,47,55,59H,11,13-15,17-18,21-24H2,1-10H3/b16-12?,20-19+. The van der Waals surface area contributed by atoms with E-state index in [1.165, 1.54) is 37.7 Å². The van der Waals surface area contributed by atoms with Crippen molar-refractivity contribution in [2.24, 2.45) is 23.7 Å². The van der Waals surface area contributed by atoms with Crippen molar-refractivity contribution in [2.75, 3.05) is 35.0 Å². The van der Waals surface area contributed by atoms with Crippen LogP contribution in [0.4, 0.5) is 0 Å². The molecule has 20 heteroatoms. The molecule has 1 aliphatic rings. The van der Waals surface area contributed by atoms with Crippen LogP contribution in [0.5, 0.6) is 0 Å². The first-order chi connectivity index (χ1) is 33.4. The Morgan fingerprint density at radius 1 is 0.929 bits per heavy atom. The second-order valence-electron chi connectivity index (χ2n) is 18.2. The molecule has 2 N–H and O–H groups in total. The summed E-state index contributed by atoms with van der Waals surface area (Å²) in [5.74, 6) is -3.26. The Labute approximate surface area is 409 Å². The van der Waals surface area contributed by atoms with Gasteiger partial charge < -0.3 is 56.8 Å². The number of ketones is 1. The molecule has 0 saturated carbocycles. The average molecular weight is 985 g/mol. The van der Waals surface area contributed by atoms with Crippen molar-refractivity contribution in [3.8, 4) is 23.2 Å². The van der Waals surface area contributed by atoms with E-state index in [9.17, 15) is 34.2 Å². The predicted octanol–water partition coefficient (Wildman–Crippen LogP) is 6.49. The van der Waals surface area contributed by atoms with Gasteiger partial charge in [-0.05, 0) is 44.1 Å². The van der Waals surface area contributed by atoms with E-state index in [-0.39, 0.29) is 73.8 Å². The van der Waals surface area contributed by atoms with Gasteiger partial charge in [0.2, 0.25) is 24.1 Å². The zero-order valence-corrected chi connectivity index (χ0v) is 42.0. The number of ether oxygens (including phenoxy) is 6. The number of esters is 3. The van der Waals surface area contributed by atoms with Crippen LogP contribution in [0.3, 0.4) is 0 Å². The number of amides is 1. The first-order valence-corrected chi connectivity index (χ1v) is 23.8. The van der Waals surface area contributed by atoms with Gasteiger partial charge in [-0.2, -0.15) is 0 Å². The summed E-state index contributed by atoms with van der Waals surface area (Å²) in [7, 11) is 5.95. The van der Waals surface area contributed by atoms with Crippen LogP contribution < -0.4 is 0 Å². The Kier molecular flexibility index (Phi) is 23.1. The van der Waals surface area contributed by atoms with Crippen molar-refractivity contribution < 1.29 is 75.9 Å². The van der Waals surface area contributed by atoms with Gasteiger partial charge in [0, 0.05) is 84.4 Å². The molecule has 1 amide bonds. The lowest BCUT2D eigenvalue weighted by atomic mass is 9.83. The number of oxazole rings is 3. The van der Waals surface area contributed by atoms with Crippen molar-refractivity contribution in [1.29, 1.82) is 0 Å². The maximum atomic E-state index is 13.7. The normalized spacial score (nSPS) is 22.9. The number of hydrogen-bond acceptors (Lipinski definition) is 19. The summed E-state index contributed by atoms with van der Waals surface area (Å²) < 4.78 is 52.2. The number of aliphatic hydroxyl groups excluding tert-OH is 2. The number of cyclic esters (lactones) is 1. The van der Waals surface area contributed by atoms with Gasteiger partial charge in [-0.15, -0.1) is 0 Å². The number of aromatic nitrogens is 3. The SMILES string of the molecule is COC(CO)C(=O)OC(CCC(C)C(CC1OC(=O)CC(O)CCCC(=O)CC(C)c2coc(n2)-c2coc(n2)-c2coc(n2)C=CCC(OC)C1C)OC)C(C)C(OC(C)=O)C(C)/C=C/N(C)C=O. The molecule has 0 spiro atoms. The highest BCUT2D eigenvalue weighted by Crippen LogP contribution is 2.32. The molecular formula is C50H72N4O16. The van der Waals surface area contributed by atoms with E-state index in [0.717, 1.165) is 0 Å². The van der Waals surface area contributed by atoms with Crippen molar-refractivity contribution in [3.05, 3.63) is 48.7 Å². The molecule has 4 rings (SSSR count). The maximum absolute atomic E-state index is 13.7. The van der Waals surface area contributed by atoms with Crippen LogP contribution in [0.1, 0.15) is 117 Å². The quantitative estimate of drug-likeness (QED) is 0.0738. The van der Waals surface area contributed by atoms with Gasteiger partial charge in [0.1, 0.15) is 42.9 Å². The van der Waals surface area contributed by atoms with Gasteiger partial charge in [0.25, 0.3) is 0 Å². The smallest absolute Gasteiger partial charge is 0.337 e. The second-order valence-corrected chi connectivity index (χ2v) is 18.2. The number of nitrogens with zero attached hydrogens (tertiary/aromatic N) is 4. The average Bonchev–Trinajstić information content (AvgIpc) is 4.13. The number of hydrogen-bond donors (Lipinski definition) is 2. The molecule has 0 saturated heterocycles. The molecule has 12 unspecified atom stereocenters. The summed E-state index contributed by atoms with van der Waals surface area (Å²) in [6, 6.07) is 0. The number of Topliss-reactive ketones (excluding diaryl/α,β-unsaturated/α-hetero) is 1. The van der Waals surface area contributed by atoms with E-state index in [2.05, 4.69) is 15.0 Å². The minimum atomic E-state index is -1.25. The summed E-state index contributed by atoms with van der Waals surface area (Å²) >= 11 is 0. The van der Waals surface area contributed by atoms with Crippen molar-refractivity contribution >= 4 is 36.2 Å². The fourth-order valence-electron chi connectivity index (χ4n) is 8.43. The number of rotatable bonds is 19. The molecule has 20 nitrogen and oxygen atoms in total. The van der Waals surface area contributed by atoms with Gasteiger partial charge in [0.05, 0.1) is 37.0 Å². The van der Waals surface area contributed by atoms with Crippen molar-refractivity contribution in [3.63, 3.8) is 0 Å². The predicted molar refractivity (Wildman–Crippen MR) is 252 cm³/mol. The molecule has 3 aromatic rings. The van der Waals surface area contributed by atoms with E-state index in [4.69, 9.17) is 41.7 Å². The molecule has 388 valence electrons. The molecule has 1 aliphatic heterocycles. The first-order valence-electron chi connectivity index (χ1n) is 23.8. The fraction of sp³-hybridized carbons (Fsp3) is 0.640. The fourth-order valence-corrected chi connectivity index (χ4v) is 8.43. The molecule has 12 atom stereocenters. The third-order valence-corrected chi connectivity index (χ3v) is 12.8.